The van der Waals surface area contributed by atoms with E-state index in [1.807, 2.05) is 6.08 Å². The fourth-order valence-corrected chi connectivity index (χ4v) is 1.73. The Bertz CT molecular complexity index is 274. The summed E-state index contributed by atoms with van der Waals surface area (Å²) < 4.78 is 0. The molecular weight excluding hydrogens is 180 g/mol. The summed E-state index contributed by atoms with van der Waals surface area (Å²) in [4.78, 5) is 0. The molecule has 0 unspecified atom stereocenters. The fourth-order valence-electron chi connectivity index (χ4n) is 1.73. The highest BCUT2D eigenvalue weighted by Gasteiger charge is 2.20. The maximum atomic E-state index is 3.79. The molecule has 0 heteroatoms. The van der Waals surface area contributed by atoms with E-state index in [1.54, 1.807) is 0 Å². The highest BCUT2D eigenvalue weighted by molar-refractivity contribution is 5.19. The lowest BCUT2D eigenvalue weighted by Gasteiger charge is -2.27. The van der Waals surface area contributed by atoms with Crippen molar-refractivity contribution in [3.63, 3.8) is 0 Å². The van der Waals surface area contributed by atoms with Gasteiger partial charge in [-0.15, -0.1) is 6.58 Å². The van der Waals surface area contributed by atoms with Crippen LogP contribution >= 0.6 is 0 Å². The van der Waals surface area contributed by atoms with Crippen LogP contribution in [0.15, 0.2) is 35.5 Å². The summed E-state index contributed by atoms with van der Waals surface area (Å²) >= 11 is 0. The van der Waals surface area contributed by atoms with E-state index in [2.05, 4.69) is 54.2 Å². The van der Waals surface area contributed by atoms with Crippen LogP contribution in [0.5, 0.6) is 0 Å². The topological polar surface area (TPSA) is 0 Å². The average molecular weight is 206 g/mol. The van der Waals surface area contributed by atoms with Crippen LogP contribution in [0.25, 0.3) is 0 Å². The van der Waals surface area contributed by atoms with Gasteiger partial charge in [0.25, 0.3) is 0 Å². The van der Waals surface area contributed by atoms with E-state index in [-0.39, 0.29) is 5.41 Å². The lowest BCUT2D eigenvalue weighted by molar-refractivity contribution is 0.439. The van der Waals surface area contributed by atoms with Crippen LogP contribution in [0, 0.1) is 5.41 Å². The van der Waals surface area contributed by atoms with Gasteiger partial charge in [0.1, 0.15) is 0 Å². The molecular formula is C15H26. The van der Waals surface area contributed by atoms with Gasteiger partial charge in [-0.2, -0.15) is 0 Å². The van der Waals surface area contributed by atoms with E-state index in [4.69, 9.17) is 0 Å². The minimum atomic E-state index is 0.279. The Morgan fingerprint density at radius 2 is 1.67 bits per heavy atom. The van der Waals surface area contributed by atoms with Gasteiger partial charge in [0.2, 0.25) is 0 Å². The molecule has 0 amide bonds. The van der Waals surface area contributed by atoms with Crippen LogP contribution in [0.4, 0.5) is 0 Å². The molecule has 15 heavy (non-hydrogen) atoms. The first-order valence-corrected chi connectivity index (χ1v) is 5.74. The van der Waals surface area contributed by atoms with Gasteiger partial charge in [0, 0.05) is 0 Å². The quantitative estimate of drug-likeness (QED) is 0.537. The molecule has 0 saturated carbocycles. The molecule has 0 rings (SSSR count). The summed E-state index contributed by atoms with van der Waals surface area (Å²) in [6, 6.07) is 0. The fraction of sp³-hybridized carbons (Fsp3) is 0.600. The lowest BCUT2D eigenvalue weighted by atomic mass is 9.78. The van der Waals surface area contributed by atoms with Gasteiger partial charge in [-0.25, -0.2) is 0 Å². The molecule has 0 bridgehead atoms. The smallest absolute Gasteiger partial charge is 0.0110 e. The van der Waals surface area contributed by atoms with Crippen molar-refractivity contribution in [2.24, 2.45) is 5.41 Å². The molecule has 0 aliphatic rings. The van der Waals surface area contributed by atoms with Gasteiger partial charge < -0.3 is 0 Å². The van der Waals surface area contributed by atoms with E-state index in [1.165, 1.54) is 16.7 Å². The van der Waals surface area contributed by atoms with Crippen molar-refractivity contribution in [3.8, 4) is 0 Å². The van der Waals surface area contributed by atoms with E-state index in [0.29, 0.717) is 0 Å². The molecule has 0 aromatic rings. The molecule has 0 N–H and O–H groups in total. The van der Waals surface area contributed by atoms with E-state index in [0.717, 1.165) is 12.8 Å². The monoisotopic (exact) mass is 206 g/mol. The zero-order valence-electron chi connectivity index (χ0n) is 11.3. The number of hydrogen-bond acceptors (Lipinski definition) is 0. The Hall–Kier alpha value is -0.780. The van der Waals surface area contributed by atoms with Crippen molar-refractivity contribution in [2.45, 2.75) is 54.4 Å². The molecule has 0 heterocycles. The molecule has 0 aliphatic heterocycles. The number of hydrogen-bond donors (Lipinski definition) is 0. The highest BCUT2D eigenvalue weighted by Crippen LogP contribution is 2.34. The second-order valence-corrected chi connectivity index (χ2v) is 5.09. The molecule has 0 aromatic heterocycles. The maximum Gasteiger partial charge on any atom is -0.0110 e. The highest BCUT2D eigenvalue weighted by atomic mass is 14.2. The maximum absolute atomic E-state index is 3.79. The van der Waals surface area contributed by atoms with E-state index >= 15 is 0 Å². The second-order valence-electron chi connectivity index (χ2n) is 5.09. The van der Waals surface area contributed by atoms with Crippen molar-refractivity contribution in [1.82, 2.24) is 0 Å². The van der Waals surface area contributed by atoms with Gasteiger partial charge >= 0.3 is 0 Å². The minimum absolute atomic E-state index is 0.279. The van der Waals surface area contributed by atoms with Crippen LogP contribution in [0.1, 0.15) is 54.4 Å². The molecule has 0 fully saturated rings. The Labute approximate surface area is 95.8 Å². The Kier molecular flexibility index (Phi) is 5.64. The van der Waals surface area contributed by atoms with Crippen LogP contribution < -0.4 is 0 Å². The predicted molar refractivity (Wildman–Crippen MR) is 71.0 cm³/mol. The molecule has 0 atom stereocenters. The molecule has 0 nitrogen and oxygen atoms in total. The van der Waals surface area contributed by atoms with E-state index in [9.17, 15) is 0 Å². The second kappa shape index (κ2) is 5.95. The van der Waals surface area contributed by atoms with Gasteiger partial charge in [-0.1, -0.05) is 42.7 Å². The minimum Gasteiger partial charge on any atom is -0.103 e. The molecule has 0 aliphatic carbocycles. The van der Waals surface area contributed by atoms with Gasteiger partial charge in [0.05, 0.1) is 0 Å². The van der Waals surface area contributed by atoms with Crippen molar-refractivity contribution in [2.75, 3.05) is 0 Å². The standard InChI is InChI=1S/C15H26/c1-8-10-12(3)13(4)11-15(6,7)14(5)9-2/h8-9H,1,10-11H2,2-7H3/b13-12+,14-9?. The summed E-state index contributed by atoms with van der Waals surface area (Å²) in [6.07, 6.45) is 6.35. The van der Waals surface area contributed by atoms with Crippen molar-refractivity contribution in [3.05, 3.63) is 35.5 Å². The molecule has 0 aromatic carbocycles. The van der Waals surface area contributed by atoms with Crippen LogP contribution in [0.2, 0.25) is 0 Å². The van der Waals surface area contributed by atoms with Crippen LogP contribution in [-0.2, 0) is 0 Å². The summed E-state index contributed by atoms with van der Waals surface area (Å²) in [5.74, 6) is 0. The summed E-state index contributed by atoms with van der Waals surface area (Å²) in [5.41, 5.74) is 4.71. The summed E-state index contributed by atoms with van der Waals surface area (Å²) in [5, 5.41) is 0. The van der Waals surface area contributed by atoms with Crippen molar-refractivity contribution < 1.29 is 0 Å². The molecule has 86 valence electrons. The van der Waals surface area contributed by atoms with Crippen LogP contribution in [0.3, 0.4) is 0 Å². The summed E-state index contributed by atoms with van der Waals surface area (Å²) in [7, 11) is 0. The number of rotatable bonds is 5. The van der Waals surface area contributed by atoms with Gasteiger partial charge in [-0.05, 0) is 46.0 Å². The average Bonchev–Trinajstić information content (AvgIpc) is 2.16. The van der Waals surface area contributed by atoms with Crippen molar-refractivity contribution in [1.29, 1.82) is 0 Å². The van der Waals surface area contributed by atoms with Gasteiger partial charge in [0.15, 0.2) is 0 Å². The molecule has 0 saturated heterocycles. The lowest BCUT2D eigenvalue weighted by Crippen LogP contribution is -2.13. The van der Waals surface area contributed by atoms with Crippen LogP contribution in [-0.4, -0.2) is 0 Å². The first-order chi connectivity index (χ1) is 6.85. The first kappa shape index (κ1) is 14.2. The zero-order valence-corrected chi connectivity index (χ0v) is 11.3. The molecule has 0 spiro atoms. The van der Waals surface area contributed by atoms with E-state index < -0.39 is 0 Å². The summed E-state index contributed by atoms with van der Waals surface area (Å²) in [6.45, 7) is 17.2. The third-order valence-corrected chi connectivity index (χ3v) is 3.39. The Morgan fingerprint density at radius 1 is 1.13 bits per heavy atom. The largest absolute Gasteiger partial charge is 0.103 e. The predicted octanol–water partition coefficient (Wildman–Crippen LogP) is 5.28. The first-order valence-electron chi connectivity index (χ1n) is 5.74. The van der Waals surface area contributed by atoms with Gasteiger partial charge in [-0.3, -0.25) is 0 Å². The third-order valence-electron chi connectivity index (χ3n) is 3.39. The number of allylic oxidation sites excluding steroid dienone is 5. The zero-order chi connectivity index (χ0) is 12.1. The Balaban J connectivity index is 4.73. The normalized spacial score (nSPS) is 14.9. The third kappa shape index (κ3) is 4.51. The van der Waals surface area contributed by atoms with Crippen molar-refractivity contribution >= 4 is 0 Å². The Morgan fingerprint density at radius 3 is 2.07 bits per heavy atom. The SMILES string of the molecule is C=CC/C(C)=C(\C)CC(C)(C)C(C)=CC. The molecule has 0 radical (unpaired) electrons.